The van der Waals surface area contributed by atoms with Gasteiger partial charge in [-0.25, -0.2) is 0 Å². The molecule has 2 bridgehead atoms. The van der Waals surface area contributed by atoms with Gasteiger partial charge in [-0.1, -0.05) is 6.42 Å². The van der Waals surface area contributed by atoms with Gasteiger partial charge in [0.05, 0.1) is 6.07 Å². The van der Waals surface area contributed by atoms with E-state index in [1.807, 2.05) is 0 Å². The molecule has 0 aromatic heterocycles. The van der Waals surface area contributed by atoms with Crippen LogP contribution >= 0.6 is 0 Å². The van der Waals surface area contributed by atoms with Crippen LogP contribution in [0.3, 0.4) is 0 Å². The summed E-state index contributed by atoms with van der Waals surface area (Å²) in [6.07, 6.45) is 5.31. The maximum Gasteiger partial charge on any atom is 0.0658 e. The molecule has 0 N–H and O–H groups in total. The molecular formula is C8H11N. The second-order valence-electron chi connectivity index (χ2n) is 3.41. The van der Waals surface area contributed by atoms with E-state index in [1.54, 1.807) is 0 Å². The molecule has 0 saturated heterocycles. The largest absolute Gasteiger partial charge is 0.198 e. The third-order valence-electron chi connectivity index (χ3n) is 2.90. The summed E-state index contributed by atoms with van der Waals surface area (Å²) in [7, 11) is 0. The molecular weight excluding hydrogens is 110 g/mol. The summed E-state index contributed by atoms with van der Waals surface area (Å²) in [5.41, 5.74) is 0. The van der Waals surface area contributed by atoms with Crippen molar-refractivity contribution in [1.82, 2.24) is 0 Å². The highest BCUT2D eigenvalue weighted by molar-refractivity contribution is 4.99. The molecule has 48 valence electrons. The van der Waals surface area contributed by atoms with Crippen LogP contribution in [0.25, 0.3) is 0 Å². The number of rotatable bonds is 0. The summed E-state index contributed by atoms with van der Waals surface area (Å²) in [6.45, 7) is 0. The average Bonchev–Trinajstić information content (AvgIpc) is 2.45. The molecule has 9 heavy (non-hydrogen) atoms. The van der Waals surface area contributed by atoms with Crippen LogP contribution in [0.4, 0.5) is 0 Å². The van der Waals surface area contributed by atoms with Crippen LogP contribution in [0, 0.1) is 29.1 Å². The molecule has 1 heteroatoms. The first-order chi connectivity index (χ1) is 4.40. The summed E-state index contributed by atoms with van der Waals surface area (Å²) in [6, 6.07) is 2.40. The number of fused-ring (bicyclic) bond motifs is 2. The van der Waals surface area contributed by atoms with Gasteiger partial charge in [-0.3, -0.25) is 0 Å². The normalized spacial score (nSPS) is 47.2. The van der Waals surface area contributed by atoms with Crippen molar-refractivity contribution in [3.8, 4) is 6.07 Å². The summed E-state index contributed by atoms with van der Waals surface area (Å²) in [4.78, 5) is 0. The van der Waals surface area contributed by atoms with Gasteiger partial charge in [0.15, 0.2) is 0 Å². The molecule has 2 aliphatic carbocycles. The average molecular weight is 121 g/mol. The molecule has 1 unspecified atom stereocenters. The predicted molar refractivity (Wildman–Crippen MR) is 34.6 cm³/mol. The van der Waals surface area contributed by atoms with Crippen molar-refractivity contribution < 1.29 is 0 Å². The highest BCUT2D eigenvalue weighted by atomic mass is 14.4. The first-order valence-electron chi connectivity index (χ1n) is 3.80. The standard InChI is InChI=1S/C8H11N/c9-5-8-4-6-1-2-7(8)3-6/h6-8H,1-4H2/t6-,7+,8?/m0/s1. The van der Waals surface area contributed by atoms with E-state index in [0.717, 1.165) is 11.8 Å². The minimum Gasteiger partial charge on any atom is -0.198 e. The third kappa shape index (κ3) is 0.660. The number of nitrogens with zero attached hydrogens (tertiary/aromatic N) is 1. The number of hydrogen-bond acceptors (Lipinski definition) is 1. The lowest BCUT2D eigenvalue weighted by molar-refractivity contribution is 0.402. The lowest BCUT2D eigenvalue weighted by Gasteiger charge is -2.12. The molecule has 3 atom stereocenters. The van der Waals surface area contributed by atoms with Crippen LogP contribution in [0.2, 0.25) is 0 Å². The van der Waals surface area contributed by atoms with Gasteiger partial charge in [0.25, 0.3) is 0 Å². The Morgan fingerprint density at radius 1 is 1.22 bits per heavy atom. The zero-order valence-electron chi connectivity index (χ0n) is 5.51. The van der Waals surface area contributed by atoms with Crippen molar-refractivity contribution in [3.63, 3.8) is 0 Å². The Bertz CT molecular complexity index is 156. The van der Waals surface area contributed by atoms with Crippen LogP contribution in [0.1, 0.15) is 25.7 Å². The van der Waals surface area contributed by atoms with Crippen molar-refractivity contribution in [2.45, 2.75) is 25.7 Å². The quantitative estimate of drug-likeness (QED) is 0.480. The van der Waals surface area contributed by atoms with Gasteiger partial charge in [-0.2, -0.15) is 5.26 Å². The molecule has 1 nitrogen and oxygen atoms in total. The fourth-order valence-corrected chi connectivity index (χ4v) is 2.40. The van der Waals surface area contributed by atoms with E-state index in [9.17, 15) is 0 Å². The zero-order chi connectivity index (χ0) is 6.27. The minimum absolute atomic E-state index is 0.434. The third-order valence-corrected chi connectivity index (χ3v) is 2.90. The summed E-state index contributed by atoms with van der Waals surface area (Å²) >= 11 is 0. The Morgan fingerprint density at radius 3 is 2.44 bits per heavy atom. The predicted octanol–water partition coefficient (Wildman–Crippen LogP) is 1.95. The second kappa shape index (κ2) is 1.73. The van der Waals surface area contributed by atoms with Crippen LogP contribution in [-0.2, 0) is 0 Å². The van der Waals surface area contributed by atoms with Crippen LogP contribution in [-0.4, -0.2) is 0 Å². The summed E-state index contributed by atoms with van der Waals surface area (Å²) in [5, 5.41) is 8.64. The van der Waals surface area contributed by atoms with E-state index < -0.39 is 0 Å². The SMILES string of the molecule is N#CC1C[C@H]2CC[C@@H]1C2. The molecule has 2 saturated carbocycles. The fraction of sp³-hybridized carbons (Fsp3) is 0.875. The lowest BCUT2D eigenvalue weighted by atomic mass is 9.90. The Hall–Kier alpha value is -0.510. The Kier molecular flexibility index (Phi) is 1.02. The smallest absolute Gasteiger partial charge is 0.0658 e. The van der Waals surface area contributed by atoms with E-state index in [2.05, 4.69) is 6.07 Å². The van der Waals surface area contributed by atoms with Crippen LogP contribution < -0.4 is 0 Å². The van der Waals surface area contributed by atoms with Gasteiger partial charge >= 0.3 is 0 Å². The zero-order valence-corrected chi connectivity index (χ0v) is 5.51. The molecule has 0 aromatic carbocycles. The van der Waals surface area contributed by atoms with Gasteiger partial charge in [-0.05, 0) is 31.1 Å². The molecule has 2 rings (SSSR count). The molecule has 0 aliphatic heterocycles. The highest BCUT2D eigenvalue weighted by Crippen LogP contribution is 2.47. The van der Waals surface area contributed by atoms with Crippen LogP contribution in [0.5, 0.6) is 0 Å². The number of nitriles is 1. The summed E-state index contributed by atoms with van der Waals surface area (Å²) < 4.78 is 0. The van der Waals surface area contributed by atoms with Crippen molar-refractivity contribution in [1.29, 1.82) is 5.26 Å². The molecule has 2 aliphatic rings. The van der Waals surface area contributed by atoms with Crippen molar-refractivity contribution in [2.75, 3.05) is 0 Å². The van der Waals surface area contributed by atoms with Crippen LogP contribution in [0.15, 0.2) is 0 Å². The first-order valence-corrected chi connectivity index (χ1v) is 3.80. The van der Waals surface area contributed by atoms with Gasteiger partial charge in [0.1, 0.15) is 0 Å². The van der Waals surface area contributed by atoms with E-state index in [1.165, 1.54) is 25.7 Å². The van der Waals surface area contributed by atoms with E-state index in [4.69, 9.17) is 5.26 Å². The molecule has 0 amide bonds. The van der Waals surface area contributed by atoms with E-state index in [0.29, 0.717) is 5.92 Å². The molecule has 0 spiro atoms. The van der Waals surface area contributed by atoms with Crippen molar-refractivity contribution in [2.24, 2.45) is 17.8 Å². The highest BCUT2D eigenvalue weighted by Gasteiger charge is 2.39. The van der Waals surface area contributed by atoms with E-state index in [-0.39, 0.29) is 0 Å². The van der Waals surface area contributed by atoms with Crippen molar-refractivity contribution in [3.05, 3.63) is 0 Å². The molecule has 0 radical (unpaired) electrons. The molecule has 0 heterocycles. The summed E-state index contributed by atoms with van der Waals surface area (Å²) in [5.74, 6) is 2.16. The first kappa shape index (κ1) is 5.29. The lowest BCUT2D eigenvalue weighted by Crippen LogP contribution is -2.06. The molecule has 0 aromatic rings. The molecule has 2 fully saturated rings. The Morgan fingerprint density at radius 2 is 2.11 bits per heavy atom. The monoisotopic (exact) mass is 121 g/mol. The second-order valence-corrected chi connectivity index (χ2v) is 3.41. The maximum absolute atomic E-state index is 8.64. The van der Waals surface area contributed by atoms with Gasteiger partial charge in [-0.15, -0.1) is 0 Å². The Balaban J connectivity index is 2.12. The van der Waals surface area contributed by atoms with Gasteiger partial charge in [0.2, 0.25) is 0 Å². The minimum atomic E-state index is 0.434. The van der Waals surface area contributed by atoms with Gasteiger partial charge in [0, 0.05) is 5.92 Å². The van der Waals surface area contributed by atoms with Crippen molar-refractivity contribution >= 4 is 0 Å². The maximum atomic E-state index is 8.64. The number of hydrogen-bond donors (Lipinski definition) is 0. The van der Waals surface area contributed by atoms with E-state index >= 15 is 0 Å². The fourth-order valence-electron chi connectivity index (χ4n) is 2.40. The topological polar surface area (TPSA) is 23.8 Å². The Labute approximate surface area is 55.7 Å². The van der Waals surface area contributed by atoms with Gasteiger partial charge < -0.3 is 0 Å².